The maximum Gasteiger partial charge on any atom is 0.311 e. The van der Waals surface area contributed by atoms with Gasteiger partial charge >= 0.3 is 5.97 Å². The van der Waals surface area contributed by atoms with Gasteiger partial charge in [-0.1, -0.05) is 48.5 Å². The summed E-state index contributed by atoms with van der Waals surface area (Å²) in [6, 6.07) is 18.3. The number of aldehydes is 1. The number of esters is 1. The summed E-state index contributed by atoms with van der Waals surface area (Å²) in [5, 5.41) is 0. The van der Waals surface area contributed by atoms with Gasteiger partial charge in [0.25, 0.3) is 0 Å². The van der Waals surface area contributed by atoms with Crippen molar-refractivity contribution in [2.24, 2.45) is 5.92 Å². The van der Waals surface area contributed by atoms with E-state index < -0.39 is 22.9 Å². The molecule has 0 aliphatic rings. The number of para-hydroxylation sites is 1. The average Bonchev–Trinajstić information content (AvgIpc) is 3.27. The number of aromatic nitrogens is 2. The number of hydrogen-bond acceptors (Lipinski definition) is 5. The molecule has 0 unspecified atom stereocenters. The molecule has 32 heavy (non-hydrogen) atoms. The molecule has 3 rings (SSSR count). The highest BCUT2D eigenvalue weighted by atomic mass is 16.6. The van der Waals surface area contributed by atoms with Crippen LogP contribution in [-0.4, -0.2) is 33.2 Å². The van der Waals surface area contributed by atoms with Gasteiger partial charge in [0.05, 0.1) is 11.3 Å². The Morgan fingerprint density at radius 2 is 1.59 bits per heavy atom. The van der Waals surface area contributed by atoms with Crippen LogP contribution >= 0.6 is 0 Å². The van der Waals surface area contributed by atoms with Crippen molar-refractivity contribution in [2.75, 3.05) is 0 Å². The number of ketones is 1. The Kier molecular flexibility index (Phi) is 6.72. The molecule has 0 N–H and O–H groups in total. The maximum absolute atomic E-state index is 13.4. The molecule has 2 atom stereocenters. The quantitative estimate of drug-likeness (QED) is 0.296. The van der Waals surface area contributed by atoms with Crippen LogP contribution in [0.15, 0.2) is 73.1 Å². The number of Topliss-reactive ketones (excluding diaryl/α,β-unsaturated/α-hetero) is 1. The molecule has 0 aliphatic heterocycles. The van der Waals surface area contributed by atoms with Crippen molar-refractivity contribution in [3.63, 3.8) is 0 Å². The maximum atomic E-state index is 13.4. The molecular formula is C26H28N2O4. The van der Waals surface area contributed by atoms with Crippen molar-refractivity contribution in [2.45, 2.75) is 45.1 Å². The molecule has 0 bridgehead atoms. The third-order valence-corrected chi connectivity index (χ3v) is 5.37. The number of hydrogen-bond donors (Lipinski definition) is 0. The lowest BCUT2D eigenvalue weighted by molar-refractivity contribution is -0.163. The van der Waals surface area contributed by atoms with Crippen molar-refractivity contribution >= 4 is 18.0 Å². The van der Waals surface area contributed by atoms with Crippen molar-refractivity contribution in [3.05, 3.63) is 84.4 Å². The molecule has 6 nitrogen and oxygen atoms in total. The number of benzene rings is 2. The van der Waals surface area contributed by atoms with Gasteiger partial charge < -0.3 is 9.53 Å². The van der Waals surface area contributed by atoms with Crippen molar-refractivity contribution in [1.29, 1.82) is 0 Å². The number of carbonyl (C=O) groups is 3. The summed E-state index contributed by atoms with van der Waals surface area (Å²) in [5.41, 5.74) is -0.585. The topological polar surface area (TPSA) is 78.3 Å². The van der Waals surface area contributed by atoms with Gasteiger partial charge in [0.2, 0.25) is 0 Å². The van der Waals surface area contributed by atoms with Crippen LogP contribution in [-0.2, 0) is 19.7 Å². The Bertz CT molecular complexity index is 1080. The van der Waals surface area contributed by atoms with E-state index in [-0.39, 0.29) is 18.0 Å². The first-order valence-corrected chi connectivity index (χ1v) is 10.5. The van der Waals surface area contributed by atoms with E-state index in [1.54, 1.807) is 68.9 Å². The summed E-state index contributed by atoms with van der Waals surface area (Å²) in [4.78, 5) is 43.2. The zero-order valence-electron chi connectivity index (χ0n) is 18.8. The van der Waals surface area contributed by atoms with Crippen LogP contribution in [0.2, 0.25) is 0 Å². The fourth-order valence-electron chi connectivity index (χ4n) is 3.65. The molecule has 0 radical (unpaired) electrons. The first-order chi connectivity index (χ1) is 15.2. The highest BCUT2D eigenvalue weighted by Gasteiger charge is 2.44. The Hall–Kier alpha value is -3.54. The fourth-order valence-corrected chi connectivity index (χ4v) is 3.65. The first-order valence-electron chi connectivity index (χ1n) is 10.5. The molecule has 0 spiro atoms. The van der Waals surface area contributed by atoms with Crippen LogP contribution in [0, 0.1) is 5.92 Å². The van der Waals surface area contributed by atoms with Crippen LogP contribution in [0.25, 0.3) is 5.69 Å². The molecule has 3 aromatic rings. The minimum atomic E-state index is -1.25. The Morgan fingerprint density at radius 1 is 1.00 bits per heavy atom. The van der Waals surface area contributed by atoms with E-state index in [2.05, 4.69) is 4.98 Å². The Morgan fingerprint density at radius 3 is 2.16 bits per heavy atom. The van der Waals surface area contributed by atoms with Crippen molar-refractivity contribution in [3.8, 4) is 5.69 Å². The smallest absolute Gasteiger partial charge is 0.311 e. The molecule has 166 valence electrons. The highest BCUT2D eigenvalue weighted by molar-refractivity contribution is 5.97. The van der Waals surface area contributed by atoms with E-state index in [1.165, 1.54) is 0 Å². The molecule has 0 fully saturated rings. The second-order valence-electron chi connectivity index (χ2n) is 8.94. The summed E-state index contributed by atoms with van der Waals surface area (Å²) in [6.45, 7) is 6.94. The van der Waals surface area contributed by atoms with E-state index in [0.29, 0.717) is 5.56 Å². The van der Waals surface area contributed by atoms with Crippen LogP contribution in [0.4, 0.5) is 0 Å². The number of rotatable bonds is 8. The van der Waals surface area contributed by atoms with Crippen LogP contribution in [0.1, 0.15) is 50.3 Å². The third-order valence-electron chi connectivity index (χ3n) is 5.37. The Labute approximate surface area is 188 Å². The Balaban J connectivity index is 2.00. The summed E-state index contributed by atoms with van der Waals surface area (Å²) >= 11 is 0. The van der Waals surface area contributed by atoms with Crippen molar-refractivity contribution < 1.29 is 19.1 Å². The second kappa shape index (κ2) is 9.30. The van der Waals surface area contributed by atoms with Gasteiger partial charge in [-0.3, -0.25) is 14.2 Å². The monoisotopic (exact) mass is 432 g/mol. The predicted octanol–water partition coefficient (Wildman–Crippen LogP) is 4.56. The zero-order chi connectivity index (χ0) is 23.4. The number of ether oxygens (including phenoxy) is 1. The van der Waals surface area contributed by atoms with Crippen LogP contribution in [0.5, 0.6) is 0 Å². The number of carbonyl (C=O) groups excluding carboxylic acids is 3. The average molecular weight is 433 g/mol. The molecule has 1 heterocycles. The van der Waals surface area contributed by atoms with Crippen molar-refractivity contribution in [1.82, 2.24) is 9.55 Å². The van der Waals surface area contributed by atoms with Gasteiger partial charge in [-0.05, 0) is 45.4 Å². The summed E-state index contributed by atoms with van der Waals surface area (Å²) in [5.74, 6) is -1.76. The fraction of sp³-hybridized carbons (Fsp3) is 0.308. The van der Waals surface area contributed by atoms with E-state index in [4.69, 9.17) is 4.74 Å². The molecule has 1 aromatic heterocycles. The molecule has 0 saturated heterocycles. The molecule has 0 amide bonds. The predicted molar refractivity (Wildman–Crippen MR) is 122 cm³/mol. The van der Waals surface area contributed by atoms with E-state index in [9.17, 15) is 14.4 Å². The minimum Gasteiger partial charge on any atom is -0.460 e. The van der Waals surface area contributed by atoms with E-state index in [1.807, 2.05) is 36.4 Å². The largest absolute Gasteiger partial charge is 0.460 e. The molecular weight excluding hydrogens is 404 g/mol. The van der Waals surface area contributed by atoms with E-state index in [0.717, 1.165) is 12.0 Å². The highest BCUT2D eigenvalue weighted by Crippen LogP contribution is 2.35. The van der Waals surface area contributed by atoms with Gasteiger partial charge in [0.1, 0.15) is 11.9 Å². The summed E-state index contributed by atoms with van der Waals surface area (Å²) in [7, 11) is 0. The number of imidazole rings is 1. The first kappa shape index (κ1) is 23.1. The van der Waals surface area contributed by atoms with E-state index >= 15 is 0 Å². The standard InChI is InChI=1S/C26H28N2O4/c1-25(2,3)32-24(31)21(26(4,18-29)19-11-7-5-8-12-19)17-22(30)23-27-15-16-28(23)20-13-9-6-10-14-20/h5-16,18,21H,17H2,1-4H3/t21-,26+/m0/s1. The molecule has 2 aromatic carbocycles. The second-order valence-corrected chi connectivity index (χ2v) is 8.94. The van der Waals surface area contributed by atoms with Crippen LogP contribution in [0.3, 0.4) is 0 Å². The molecule has 0 saturated carbocycles. The van der Waals surface area contributed by atoms with Gasteiger partial charge in [0, 0.05) is 24.5 Å². The van der Waals surface area contributed by atoms with Crippen LogP contribution < -0.4 is 0 Å². The minimum absolute atomic E-state index is 0.200. The SMILES string of the molecule is CC(C)(C)OC(=O)[C@H](CC(=O)c1nccn1-c1ccccc1)[C@](C)(C=O)c1ccccc1. The zero-order valence-corrected chi connectivity index (χ0v) is 18.8. The van der Waals surface area contributed by atoms with Gasteiger partial charge in [-0.15, -0.1) is 0 Å². The lowest BCUT2D eigenvalue weighted by atomic mass is 9.70. The van der Waals surface area contributed by atoms with Gasteiger partial charge in [0.15, 0.2) is 11.6 Å². The summed E-state index contributed by atoms with van der Waals surface area (Å²) in [6.07, 6.45) is 3.75. The lowest BCUT2D eigenvalue weighted by Crippen LogP contribution is -2.43. The van der Waals surface area contributed by atoms with Gasteiger partial charge in [-0.25, -0.2) is 4.98 Å². The third kappa shape index (κ3) is 5.02. The number of nitrogens with zero attached hydrogens (tertiary/aromatic N) is 2. The van der Waals surface area contributed by atoms with Gasteiger partial charge in [-0.2, -0.15) is 0 Å². The molecule has 0 aliphatic carbocycles. The molecule has 6 heteroatoms. The normalized spacial score (nSPS) is 14.2. The lowest BCUT2D eigenvalue weighted by Gasteiger charge is -2.33. The summed E-state index contributed by atoms with van der Waals surface area (Å²) < 4.78 is 7.30.